The lowest BCUT2D eigenvalue weighted by molar-refractivity contribution is 0.135. The van der Waals surface area contributed by atoms with Crippen LogP contribution in [0, 0.1) is 0 Å². The number of hydrogen-bond acceptors (Lipinski definition) is 5. The molecule has 1 atom stereocenters. The first-order valence-electron chi connectivity index (χ1n) is 6.97. The molecule has 0 aromatic rings. The van der Waals surface area contributed by atoms with Crippen molar-refractivity contribution in [1.82, 2.24) is 21.3 Å². The molecule has 5 heteroatoms. The summed E-state index contributed by atoms with van der Waals surface area (Å²) in [5.74, 6) is 0. The van der Waals surface area contributed by atoms with Gasteiger partial charge in [-0.1, -0.05) is 6.08 Å². The fraction of sp³-hybridized carbons (Fsp3) is 0.846. The molecular formula is C13H28N4O. The van der Waals surface area contributed by atoms with Crippen LogP contribution in [0.15, 0.2) is 12.7 Å². The molecule has 1 rings (SSSR count). The van der Waals surface area contributed by atoms with E-state index < -0.39 is 0 Å². The molecule has 1 aliphatic rings. The summed E-state index contributed by atoms with van der Waals surface area (Å²) in [6.45, 7) is 12.2. The van der Waals surface area contributed by atoms with E-state index in [2.05, 4.69) is 27.8 Å². The highest BCUT2D eigenvalue weighted by atomic mass is 16.5. The molecule has 0 aliphatic carbocycles. The smallest absolute Gasteiger partial charge is 0.0645 e. The molecule has 18 heavy (non-hydrogen) atoms. The van der Waals surface area contributed by atoms with E-state index >= 15 is 0 Å². The van der Waals surface area contributed by atoms with Crippen LogP contribution in [-0.4, -0.2) is 65.1 Å². The fourth-order valence-electron chi connectivity index (χ4n) is 1.89. The molecule has 4 N–H and O–H groups in total. The zero-order valence-corrected chi connectivity index (χ0v) is 11.3. The van der Waals surface area contributed by atoms with E-state index in [1.165, 1.54) is 6.42 Å². The normalized spacial score (nSPS) is 24.6. The third kappa shape index (κ3) is 8.60. The average Bonchev–Trinajstić information content (AvgIpc) is 2.41. The second kappa shape index (κ2) is 11.6. The Labute approximate surface area is 111 Å². The third-order valence-electron chi connectivity index (χ3n) is 2.87. The van der Waals surface area contributed by atoms with Gasteiger partial charge in [-0.15, -0.1) is 6.58 Å². The summed E-state index contributed by atoms with van der Waals surface area (Å²) in [4.78, 5) is 0. The first kappa shape index (κ1) is 15.6. The van der Waals surface area contributed by atoms with Gasteiger partial charge in [-0.2, -0.15) is 0 Å². The summed E-state index contributed by atoms with van der Waals surface area (Å²) in [5.41, 5.74) is 0. The van der Waals surface area contributed by atoms with Crippen molar-refractivity contribution < 1.29 is 4.74 Å². The van der Waals surface area contributed by atoms with E-state index in [9.17, 15) is 0 Å². The molecule has 0 aromatic carbocycles. The van der Waals surface area contributed by atoms with Gasteiger partial charge in [0.05, 0.1) is 13.2 Å². The highest BCUT2D eigenvalue weighted by Crippen LogP contribution is 1.86. The molecule has 0 spiro atoms. The minimum atomic E-state index is 0.368. The number of rotatable bonds is 4. The molecule has 0 radical (unpaired) electrons. The molecule has 1 saturated heterocycles. The molecule has 1 unspecified atom stereocenters. The topological polar surface area (TPSA) is 57.4 Å². The van der Waals surface area contributed by atoms with Gasteiger partial charge >= 0.3 is 0 Å². The number of hydrogen-bond donors (Lipinski definition) is 4. The Balaban J connectivity index is 2.21. The Kier molecular flexibility index (Phi) is 10.1. The molecule has 1 fully saturated rings. The van der Waals surface area contributed by atoms with Gasteiger partial charge in [-0.3, -0.25) is 0 Å². The quantitative estimate of drug-likeness (QED) is 0.397. The number of ether oxygens (including phenoxy) is 1. The molecule has 0 amide bonds. The highest BCUT2D eigenvalue weighted by Gasteiger charge is 2.07. The Morgan fingerprint density at radius 1 is 1.00 bits per heavy atom. The molecule has 1 aliphatic heterocycles. The summed E-state index contributed by atoms with van der Waals surface area (Å²) in [5, 5.41) is 13.8. The van der Waals surface area contributed by atoms with Gasteiger partial charge in [0.1, 0.15) is 0 Å². The molecular weight excluding hydrogens is 228 g/mol. The van der Waals surface area contributed by atoms with Gasteiger partial charge in [-0.25, -0.2) is 0 Å². The van der Waals surface area contributed by atoms with Crippen molar-refractivity contribution >= 4 is 0 Å². The van der Waals surface area contributed by atoms with E-state index in [0.717, 1.165) is 52.4 Å². The van der Waals surface area contributed by atoms with Crippen molar-refractivity contribution in [2.45, 2.75) is 12.5 Å². The summed E-state index contributed by atoms with van der Waals surface area (Å²) in [6, 6.07) is 0.368. The van der Waals surface area contributed by atoms with Crippen LogP contribution < -0.4 is 21.3 Å². The van der Waals surface area contributed by atoms with Crippen LogP contribution in [0.5, 0.6) is 0 Å². The predicted octanol–water partition coefficient (Wildman–Crippen LogP) is -0.680. The van der Waals surface area contributed by atoms with Crippen molar-refractivity contribution in [1.29, 1.82) is 0 Å². The molecule has 1 heterocycles. The van der Waals surface area contributed by atoms with Crippen LogP contribution >= 0.6 is 0 Å². The van der Waals surface area contributed by atoms with E-state index in [4.69, 9.17) is 4.74 Å². The maximum Gasteiger partial charge on any atom is 0.0645 e. The van der Waals surface area contributed by atoms with Crippen molar-refractivity contribution in [2.24, 2.45) is 0 Å². The Morgan fingerprint density at radius 2 is 1.72 bits per heavy atom. The summed E-state index contributed by atoms with van der Waals surface area (Å²) >= 11 is 0. The lowest BCUT2D eigenvalue weighted by Gasteiger charge is -2.19. The van der Waals surface area contributed by atoms with Gasteiger partial charge in [0, 0.05) is 38.8 Å². The maximum atomic E-state index is 5.51. The van der Waals surface area contributed by atoms with E-state index in [-0.39, 0.29) is 0 Å². The van der Waals surface area contributed by atoms with Gasteiger partial charge in [0.15, 0.2) is 0 Å². The van der Waals surface area contributed by atoms with E-state index in [1.807, 2.05) is 0 Å². The SMILES string of the molecule is C=CCOCC1CNCCNCCCNCCN1. The minimum absolute atomic E-state index is 0.368. The van der Waals surface area contributed by atoms with Gasteiger partial charge in [-0.05, 0) is 19.5 Å². The Hall–Kier alpha value is -0.460. The Bertz CT molecular complexity index is 187. The van der Waals surface area contributed by atoms with Crippen LogP contribution in [0.4, 0.5) is 0 Å². The van der Waals surface area contributed by atoms with Gasteiger partial charge in [0.2, 0.25) is 0 Å². The molecule has 106 valence electrons. The molecule has 0 bridgehead atoms. The zero-order chi connectivity index (χ0) is 12.9. The standard InChI is InChI=1S/C13H28N4O/c1-2-10-18-12-13-11-16-7-6-14-4-3-5-15-8-9-17-13/h2,13-17H,1,3-12H2. The van der Waals surface area contributed by atoms with Crippen LogP contribution in [0.3, 0.4) is 0 Å². The average molecular weight is 256 g/mol. The molecule has 0 saturated carbocycles. The van der Waals surface area contributed by atoms with Crippen LogP contribution in [0.1, 0.15) is 6.42 Å². The Morgan fingerprint density at radius 3 is 2.50 bits per heavy atom. The lowest BCUT2D eigenvalue weighted by Crippen LogP contribution is -2.45. The van der Waals surface area contributed by atoms with Crippen molar-refractivity contribution in [2.75, 3.05) is 59.0 Å². The fourth-order valence-corrected chi connectivity index (χ4v) is 1.89. The van der Waals surface area contributed by atoms with Gasteiger partial charge < -0.3 is 26.0 Å². The summed E-state index contributed by atoms with van der Waals surface area (Å²) in [7, 11) is 0. The lowest BCUT2D eigenvalue weighted by atomic mass is 10.3. The second-order valence-electron chi connectivity index (χ2n) is 4.53. The van der Waals surface area contributed by atoms with E-state index in [1.54, 1.807) is 6.08 Å². The first-order chi connectivity index (χ1) is 8.93. The monoisotopic (exact) mass is 256 g/mol. The molecule has 5 nitrogen and oxygen atoms in total. The zero-order valence-electron chi connectivity index (χ0n) is 11.3. The van der Waals surface area contributed by atoms with Crippen molar-refractivity contribution in [3.05, 3.63) is 12.7 Å². The van der Waals surface area contributed by atoms with Gasteiger partial charge in [0.25, 0.3) is 0 Å². The molecule has 0 aromatic heterocycles. The van der Waals surface area contributed by atoms with Crippen LogP contribution in [-0.2, 0) is 4.74 Å². The summed E-state index contributed by atoms with van der Waals surface area (Å²) in [6.07, 6.45) is 2.98. The predicted molar refractivity (Wildman–Crippen MR) is 76.0 cm³/mol. The minimum Gasteiger partial charge on any atom is -0.376 e. The van der Waals surface area contributed by atoms with Crippen molar-refractivity contribution in [3.8, 4) is 0 Å². The van der Waals surface area contributed by atoms with E-state index in [0.29, 0.717) is 12.6 Å². The third-order valence-corrected chi connectivity index (χ3v) is 2.87. The largest absolute Gasteiger partial charge is 0.376 e. The van der Waals surface area contributed by atoms with Crippen molar-refractivity contribution in [3.63, 3.8) is 0 Å². The first-order valence-corrected chi connectivity index (χ1v) is 6.97. The maximum absolute atomic E-state index is 5.51. The summed E-state index contributed by atoms with van der Waals surface area (Å²) < 4.78 is 5.51. The van der Waals surface area contributed by atoms with Crippen LogP contribution in [0.25, 0.3) is 0 Å². The van der Waals surface area contributed by atoms with Crippen LogP contribution in [0.2, 0.25) is 0 Å². The highest BCUT2D eigenvalue weighted by molar-refractivity contribution is 4.72. The second-order valence-corrected chi connectivity index (χ2v) is 4.53. The number of nitrogens with one attached hydrogen (secondary N) is 4.